The summed E-state index contributed by atoms with van der Waals surface area (Å²) in [4.78, 5) is 14.1. The minimum atomic E-state index is -0.357. The predicted octanol–water partition coefficient (Wildman–Crippen LogP) is 4.85. The van der Waals surface area contributed by atoms with Gasteiger partial charge >= 0.3 is 0 Å². The van der Waals surface area contributed by atoms with Crippen LogP contribution in [0.4, 0.5) is 10.1 Å². The molecule has 0 aliphatic rings. The first-order chi connectivity index (χ1) is 13.3. The van der Waals surface area contributed by atoms with Gasteiger partial charge in [-0.2, -0.15) is 5.10 Å². The van der Waals surface area contributed by atoms with Crippen LogP contribution < -0.4 is 5.43 Å². The molecule has 0 saturated carbocycles. The molecule has 5 nitrogen and oxygen atoms in total. The largest absolute Gasteiger partial charge is 0.275 e. The Morgan fingerprint density at radius 2 is 1.93 bits per heavy atom. The van der Waals surface area contributed by atoms with Crippen molar-refractivity contribution in [2.45, 2.75) is 0 Å². The second-order valence-electron chi connectivity index (χ2n) is 5.57. The molecule has 0 saturated heterocycles. The standard InChI is InChI=1S/C20H14FN5S/c21-16-7-1-2-8-17(16)26-24-12-15-6-3-9-18(25-15)19-13-23-20(27-19)14-5-4-10-22-11-14/h1-13,26H/b24-12+. The first kappa shape index (κ1) is 17.0. The maximum absolute atomic E-state index is 13.6. The van der Waals surface area contributed by atoms with Gasteiger partial charge in [0.05, 0.1) is 28.2 Å². The maximum Gasteiger partial charge on any atom is 0.148 e. The molecule has 0 amide bonds. The van der Waals surface area contributed by atoms with E-state index in [9.17, 15) is 4.39 Å². The van der Waals surface area contributed by atoms with E-state index in [0.29, 0.717) is 11.4 Å². The summed E-state index contributed by atoms with van der Waals surface area (Å²) >= 11 is 1.55. The number of hydrogen-bond donors (Lipinski definition) is 1. The van der Waals surface area contributed by atoms with Crippen LogP contribution in [-0.4, -0.2) is 21.2 Å². The van der Waals surface area contributed by atoms with Gasteiger partial charge in [0, 0.05) is 24.2 Å². The number of anilines is 1. The molecule has 4 aromatic rings. The van der Waals surface area contributed by atoms with Crippen molar-refractivity contribution in [1.82, 2.24) is 15.0 Å². The molecule has 0 radical (unpaired) electrons. The molecule has 0 atom stereocenters. The highest BCUT2D eigenvalue weighted by molar-refractivity contribution is 7.18. The van der Waals surface area contributed by atoms with Crippen LogP contribution in [0.5, 0.6) is 0 Å². The number of nitrogens with zero attached hydrogens (tertiary/aromatic N) is 4. The third kappa shape index (κ3) is 4.04. The molecule has 7 heteroatoms. The first-order valence-corrected chi connectivity index (χ1v) is 8.98. The number of rotatable bonds is 5. The van der Waals surface area contributed by atoms with E-state index >= 15 is 0 Å². The van der Waals surface area contributed by atoms with Crippen molar-refractivity contribution >= 4 is 23.2 Å². The average Bonchev–Trinajstić information content (AvgIpc) is 3.21. The fraction of sp³-hybridized carbons (Fsp3) is 0. The fourth-order valence-electron chi connectivity index (χ4n) is 2.40. The summed E-state index contributed by atoms with van der Waals surface area (Å²) in [5, 5.41) is 4.95. The highest BCUT2D eigenvalue weighted by Gasteiger charge is 2.08. The number of hydrazone groups is 1. The van der Waals surface area contributed by atoms with E-state index in [4.69, 9.17) is 0 Å². The highest BCUT2D eigenvalue weighted by atomic mass is 32.1. The van der Waals surface area contributed by atoms with E-state index in [-0.39, 0.29) is 5.82 Å². The number of halogens is 1. The van der Waals surface area contributed by atoms with Crippen molar-refractivity contribution in [1.29, 1.82) is 0 Å². The third-order valence-electron chi connectivity index (χ3n) is 3.69. The molecule has 0 aliphatic carbocycles. The summed E-state index contributed by atoms with van der Waals surface area (Å²) in [5.74, 6) is -0.357. The number of aromatic nitrogens is 3. The lowest BCUT2D eigenvalue weighted by Crippen LogP contribution is -1.95. The van der Waals surface area contributed by atoms with E-state index < -0.39 is 0 Å². The van der Waals surface area contributed by atoms with Crippen LogP contribution in [0.3, 0.4) is 0 Å². The van der Waals surface area contributed by atoms with Gasteiger partial charge in [-0.3, -0.25) is 10.4 Å². The molecular formula is C20H14FN5S. The monoisotopic (exact) mass is 375 g/mol. The van der Waals surface area contributed by atoms with E-state index in [1.807, 2.05) is 30.3 Å². The number of para-hydroxylation sites is 1. The van der Waals surface area contributed by atoms with Crippen molar-refractivity contribution in [2.24, 2.45) is 5.10 Å². The van der Waals surface area contributed by atoms with Crippen molar-refractivity contribution in [3.05, 3.63) is 84.7 Å². The van der Waals surface area contributed by atoms with Crippen LogP contribution in [0.2, 0.25) is 0 Å². The molecule has 3 aromatic heterocycles. The van der Waals surface area contributed by atoms with Gasteiger partial charge in [-0.1, -0.05) is 18.2 Å². The Balaban J connectivity index is 1.52. The summed E-state index contributed by atoms with van der Waals surface area (Å²) in [6.07, 6.45) is 6.87. The summed E-state index contributed by atoms with van der Waals surface area (Å²) in [6.45, 7) is 0. The fourth-order valence-corrected chi connectivity index (χ4v) is 3.27. The van der Waals surface area contributed by atoms with Crippen molar-refractivity contribution < 1.29 is 4.39 Å². The van der Waals surface area contributed by atoms with Gasteiger partial charge in [0.2, 0.25) is 0 Å². The Bertz CT molecular complexity index is 1080. The topological polar surface area (TPSA) is 63.1 Å². The predicted molar refractivity (Wildman–Crippen MR) is 106 cm³/mol. The minimum Gasteiger partial charge on any atom is -0.275 e. The van der Waals surface area contributed by atoms with Crippen LogP contribution in [-0.2, 0) is 0 Å². The Morgan fingerprint density at radius 1 is 1.00 bits per heavy atom. The minimum absolute atomic E-state index is 0.313. The molecule has 0 spiro atoms. The zero-order valence-electron chi connectivity index (χ0n) is 14.1. The van der Waals surface area contributed by atoms with Gasteiger partial charge in [-0.25, -0.2) is 14.4 Å². The number of nitrogens with one attached hydrogen (secondary N) is 1. The Morgan fingerprint density at radius 3 is 2.78 bits per heavy atom. The molecule has 0 unspecified atom stereocenters. The first-order valence-electron chi connectivity index (χ1n) is 8.17. The van der Waals surface area contributed by atoms with Gasteiger partial charge in [0.15, 0.2) is 0 Å². The van der Waals surface area contributed by atoms with Gasteiger partial charge in [-0.05, 0) is 36.4 Å². The number of thiazole rings is 1. The smallest absolute Gasteiger partial charge is 0.148 e. The number of hydrogen-bond acceptors (Lipinski definition) is 6. The molecule has 0 fully saturated rings. The summed E-state index contributed by atoms with van der Waals surface area (Å²) in [7, 11) is 0. The quantitative estimate of drug-likeness (QED) is 0.400. The Hall–Kier alpha value is -3.45. The number of benzene rings is 1. The third-order valence-corrected chi connectivity index (χ3v) is 4.76. The maximum atomic E-state index is 13.6. The van der Waals surface area contributed by atoms with Gasteiger partial charge < -0.3 is 0 Å². The Kier molecular flexibility index (Phi) is 4.93. The zero-order chi connectivity index (χ0) is 18.5. The van der Waals surface area contributed by atoms with Crippen LogP contribution in [0.1, 0.15) is 5.69 Å². The SMILES string of the molecule is Fc1ccccc1N/N=C/c1cccc(-c2cnc(-c3cccnc3)s2)n1. The van der Waals surface area contributed by atoms with E-state index in [2.05, 4.69) is 25.5 Å². The summed E-state index contributed by atoms with van der Waals surface area (Å²) in [5.41, 5.74) is 5.43. The van der Waals surface area contributed by atoms with Gasteiger partial charge in [0.25, 0.3) is 0 Å². The molecule has 0 aliphatic heterocycles. The van der Waals surface area contributed by atoms with Crippen molar-refractivity contribution in [2.75, 3.05) is 5.43 Å². The van der Waals surface area contributed by atoms with Crippen molar-refractivity contribution in [3.8, 4) is 21.1 Å². The van der Waals surface area contributed by atoms with E-state index in [1.165, 1.54) is 6.07 Å². The lowest BCUT2D eigenvalue weighted by atomic mass is 10.3. The average molecular weight is 375 g/mol. The number of pyridine rings is 2. The molecule has 1 N–H and O–H groups in total. The van der Waals surface area contributed by atoms with E-state index in [1.54, 1.807) is 54.3 Å². The molecule has 4 rings (SSSR count). The van der Waals surface area contributed by atoms with Crippen LogP contribution in [0.15, 0.2) is 78.3 Å². The lowest BCUT2D eigenvalue weighted by Gasteiger charge is -2.01. The molecular weight excluding hydrogens is 361 g/mol. The molecule has 0 bridgehead atoms. The van der Waals surface area contributed by atoms with Crippen LogP contribution in [0.25, 0.3) is 21.1 Å². The molecule has 1 aromatic carbocycles. The van der Waals surface area contributed by atoms with Crippen molar-refractivity contribution in [3.63, 3.8) is 0 Å². The zero-order valence-corrected chi connectivity index (χ0v) is 14.9. The Labute approximate surface area is 159 Å². The second kappa shape index (κ2) is 7.84. The van der Waals surface area contributed by atoms with Crippen LogP contribution >= 0.6 is 11.3 Å². The normalized spacial score (nSPS) is 11.0. The van der Waals surface area contributed by atoms with Gasteiger partial charge in [0.1, 0.15) is 10.8 Å². The summed E-state index contributed by atoms with van der Waals surface area (Å²) in [6, 6.07) is 15.9. The summed E-state index contributed by atoms with van der Waals surface area (Å²) < 4.78 is 13.6. The highest BCUT2D eigenvalue weighted by Crippen LogP contribution is 2.30. The van der Waals surface area contributed by atoms with E-state index in [0.717, 1.165) is 21.1 Å². The second-order valence-corrected chi connectivity index (χ2v) is 6.60. The molecule has 3 heterocycles. The van der Waals surface area contributed by atoms with Crippen LogP contribution in [0, 0.1) is 5.82 Å². The molecule has 27 heavy (non-hydrogen) atoms. The molecule has 132 valence electrons. The lowest BCUT2D eigenvalue weighted by molar-refractivity contribution is 0.631. The van der Waals surface area contributed by atoms with Gasteiger partial charge in [-0.15, -0.1) is 11.3 Å².